The van der Waals surface area contributed by atoms with Gasteiger partial charge in [0.2, 0.25) is 0 Å². The fourth-order valence-electron chi connectivity index (χ4n) is 4.41. The van der Waals surface area contributed by atoms with Gasteiger partial charge in [-0.2, -0.15) is 24.9 Å². The molecule has 0 aliphatic rings. The molecule has 2 N–H and O–H groups in total. The Balaban J connectivity index is 0.00000506. The Labute approximate surface area is 264 Å². The Morgan fingerprint density at radius 1 is 0.977 bits per heavy atom. The van der Waals surface area contributed by atoms with Crippen LogP contribution in [0.4, 0.5) is 13.2 Å². The minimum atomic E-state index is -4.41. The van der Waals surface area contributed by atoms with Crippen LogP contribution in [0.15, 0.2) is 83.3 Å². The first-order chi connectivity index (χ1) is 20.1. The van der Waals surface area contributed by atoms with Gasteiger partial charge < -0.3 is 19.6 Å². The summed E-state index contributed by atoms with van der Waals surface area (Å²) in [6.07, 6.45) is -2.22. The van der Waals surface area contributed by atoms with Crippen molar-refractivity contribution >= 4 is 42.5 Å². The average molecular weight is 606 g/mol. The number of hydrogen-bond donors (Lipinski definition) is 2. The SMILES string of the molecule is CSCC[C@H](NC(=O)c1ccc(COCc2ccc(-c3ccc(C(F)(F)F)cc3)o2)cc1-c1ccccc1C)C(=O)O.[LiH]. The van der Waals surface area contributed by atoms with E-state index >= 15 is 0 Å². The van der Waals surface area contributed by atoms with E-state index in [9.17, 15) is 27.9 Å². The van der Waals surface area contributed by atoms with Gasteiger partial charge in [-0.15, -0.1) is 0 Å². The standard InChI is InChI=1S/C32H30F3NO5S.Li.H/c1-20-5-3-4-6-25(20)27-17-21(7-13-26(27)30(37)36-28(31(38)39)15-16-42-2)18-40-19-24-12-14-29(41-24)22-8-10-23(11-9-22)32(33,34)35;;/h3-14,17,28H,15-16,18-19H2,1-2H3,(H,36,37)(H,38,39);;/t28-;;/m0../s1. The van der Waals surface area contributed by atoms with Gasteiger partial charge in [0, 0.05) is 11.1 Å². The number of halogens is 3. The van der Waals surface area contributed by atoms with Crippen LogP contribution in [-0.2, 0) is 28.9 Å². The number of aryl methyl sites for hydroxylation is 1. The molecule has 0 spiro atoms. The molecule has 4 rings (SSSR count). The molecule has 0 aliphatic heterocycles. The van der Waals surface area contributed by atoms with Gasteiger partial charge in [-0.1, -0.05) is 42.5 Å². The molecule has 3 aromatic carbocycles. The number of thioether (sulfide) groups is 1. The van der Waals surface area contributed by atoms with E-state index in [1.165, 1.54) is 23.9 Å². The summed E-state index contributed by atoms with van der Waals surface area (Å²) >= 11 is 1.51. The number of alkyl halides is 3. The van der Waals surface area contributed by atoms with Crippen LogP contribution in [0.5, 0.6) is 0 Å². The summed E-state index contributed by atoms with van der Waals surface area (Å²) in [6.45, 7) is 2.25. The molecule has 1 amide bonds. The quantitative estimate of drug-likeness (QED) is 0.170. The molecule has 0 radical (unpaired) electrons. The molecule has 0 aliphatic carbocycles. The van der Waals surface area contributed by atoms with E-state index in [-0.39, 0.29) is 32.1 Å². The third-order valence-electron chi connectivity index (χ3n) is 6.65. The Hall–Kier alpha value is -3.42. The molecule has 43 heavy (non-hydrogen) atoms. The summed E-state index contributed by atoms with van der Waals surface area (Å²) in [7, 11) is 0. The zero-order chi connectivity index (χ0) is 30.3. The fourth-order valence-corrected chi connectivity index (χ4v) is 4.88. The second-order valence-corrected chi connectivity index (χ2v) is 10.7. The van der Waals surface area contributed by atoms with Crippen molar-refractivity contribution in [1.29, 1.82) is 0 Å². The molecule has 4 aromatic rings. The van der Waals surface area contributed by atoms with E-state index in [1.54, 1.807) is 24.3 Å². The van der Waals surface area contributed by atoms with E-state index < -0.39 is 29.7 Å². The van der Waals surface area contributed by atoms with Gasteiger partial charge in [0.05, 0.1) is 12.2 Å². The minimum absolute atomic E-state index is 0. The summed E-state index contributed by atoms with van der Waals surface area (Å²) in [5.74, 6) is -0.0266. The number of carboxylic acids is 1. The number of furan rings is 1. The molecular formula is C32H31F3LiNO5S. The van der Waals surface area contributed by atoms with E-state index in [4.69, 9.17) is 9.15 Å². The number of rotatable bonds is 12. The Bertz CT molecular complexity index is 1540. The Kier molecular flexibility index (Phi) is 12.2. The fraction of sp³-hybridized carbons (Fsp3) is 0.250. The maximum atomic E-state index is 13.2. The molecule has 0 saturated carbocycles. The molecule has 11 heteroatoms. The summed E-state index contributed by atoms with van der Waals surface area (Å²) in [5, 5.41) is 12.2. The molecule has 0 bridgehead atoms. The molecule has 6 nitrogen and oxygen atoms in total. The predicted molar refractivity (Wildman–Crippen MR) is 163 cm³/mol. The van der Waals surface area contributed by atoms with Crippen molar-refractivity contribution < 1.29 is 37.0 Å². The zero-order valence-electron chi connectivity index (χ0n) is 23.0. The normalized spacial score (nSPS) is 11.9. The van der Waals surface area contributed by atoms with Crippen molar-refractivity contribution in [2.45, 2.75) is 38.8 Å². The first-order valence-electron chi connectivity index (χ1n) is 13.1. The van der Waals surface area contributed by atoms with E-state index in [1.807, 2.05) is 43.5 Å². The van der Waals surface area contributed by atoms with Crippen molar-refractivity contribution in [3.05, 3.63) is 107 Å². The van der Waals surface area contributed by atoms with Gasteiger partial charge in [-0.25, -0.2) is 4.79 Å². The molecule has 1 heterocycles. The van der Waals surface area contributed by atoms with Gasteiger partial charge in [-0.3, -0.25) is 4.79 Å². The summed E-state index contributed by atoms with van der Waals surface area (Å²) in [6, 6.07) is 20.0. The number of nitrogens with one attached hydrogen (secondary N) is 1. The summed E-state index contributed by atoms with van der Waals surface area (Å²) in [4.78, 5) is 25.0. The monoisotopic (exact) mass is 605 g/mol. The van der Waals surface area contributed by atoms with E-state index in [0.29, 0.717) is 40.4 Å². The van der Waals surface area contributed by atoms with Crippen LogP contribution < -0.4 is 5.32 Å². The van der Waals surface area contributed by atoms with Crippen molar-refractivity contribution in [3.63, 3.8) is 0 Å². The molecular weight excluding hydrogens is 574 g/mol. The molecule has 1 atom stereocenters. The topological polar surface area (TPSA) is 88.8 Å². The number of hydrogen-bond acceptors (Lipinski definition) is 5. The van der Waals surface area contributed by atoms with Crippen molar-refractivity contribution in [1.82, 2.24) is 5.32 Å². The van der Waals surface area contributed by atoms with Crippen LogP contribution in [-0.4, -0.2) is 53.9 Å². The number of carboxylic acid groups (broad SMARTS) is 1. The van der Waals surface area contributed by atoms with Crippen molar-refractivity contribution in [3.8, 4) is 22.5 Å². The number of benzene rings is 3. The van der Waals surface area contributed by atoms with Gasteiger partial charge in [0.1, 0.15) is 24.2 Å². The van der Waals surface area contributed by atoms with Crippen LogP contribution in [0.25, 0.3) is 22.5 Å². The third-order valence-corrected chi connectivity index (χ3v) is 7.29. The van der Waals surface area contributed by atoms with Gasteiger partial charge >= 0.3 is 31.0 Å². The number of aliphatic carboxylic acids is 1. The van der Waals surface area contributed by atoms with Gasteiger partial charge in [-0.05, 0) is 84.0 Å². The first kappa shape index (κ1) is 34.1. The molecule has 222 valence electrons. The van der Waals surface area contributed by atoms with Gasteiger partial charge in [0.25, 0.3) is 5.91 Å². The van der Waals surface area contributed by atoms with E-state index in [0.717, 1.165) is 28.8 Å². The first-order valence-corrected chi connectivity index (χ1v) is 14.5. The molecule has 0 fully saturated rings. The Morgan fingerprint density at radius 3 is 2.35 bits per heavy atom. The zero-order valence-corrected chi connectivity index (χ0v) is 23.9. The number of carbonyl (C=O) groups excluding carboxylic acids is 1. The van der Waals surface area contributed by atoms with Crippen LogP contribution in [0.3, 0.4) is 0 Å². The van der Waals surface area contributed by atoms with Crippen molar-refractivity contribution in [2.75, 3.05) is 12.0 Å². The molecule has 0 unspecified atom stereocenters. The van der Waals surface area contributed by atoms with Gasteiger partial charge in [0.15, 0.2) is 0 Å². The number of amides is 1. The third kappa shape index (κ3) is 9.04. The van der Waals surface area contributed by atoms with E-state index in [2.05, 4.69) is 5.32 Å². The van der Waals surface area contributed by atoms with Crippen LogP contribution >= 0.6 is 11.8 Å². The average Bonchev–Trinajstić information content (AvgIpc) is 3.44. The Morgan fingerprint density at radius 2 is 1.70 bits per heavy atom. The number of carbonyl (C=O) groups is 2. The van der Waals surface area contributed by atoms with Crippen molar-refractivity contribution in [2.24, 2.45) is 0 Å². The second kappa shape index (κ2) is 15.3. The number of ether oxygens (including phenoxy) is 1. The predicted octanol–water partition coefficient (Wildman–Crippen LogP) is 6.95. The van der Waals surface area contributed by atoms with Crippen LogP contribution in [0.2, 0.25) is 0 Å². The maximum absolute atomic E-state index is 13.2. The summed E-state index contributed by atoms with van der Waals surface area (Å²) in [5.41, 5.74) is 3.38. The second-order valence-electron chi connectivity index (χ2n) is 9.67. The molecule has 1 aromatic heterocycles. The van der Waals surface area contributed by atoms with Crippen LogP contribution in [0, 0.1) is 6.92 Å². The molecule has 0 saturated heterocycles. The summed E-state index contributed by atoms with van der Waals surface area (Å²) < 4.78 is 50.2. The van der Waals surface area contributed by atoms with Crippen LogP contribution in [0.1, 0.15) is 39.2 Å².